The lowest BCUT2D eigenvalue weighted by Gasteiger charge is -2.00. The number of nitrogens with zero attached hydrogens (tertiary/aromatic N) is 2. The van der Waals surface area contributed by atoms with Crippen LogP contribution in [0, 0.1) is 6.07 Å². The Hall–Kier alpha value is -1.35. The van der Waals surface area contributed by atoms with Gasteiger partial charge in [0.15, 0.2) is 0 Å². The third-order valence-electron chi connectivity index (χ3n) is 1.70. The summed E-state index contributed by atoms with van der Waals surface area (Å²) in [6.45, 7) is 0.525. The van der Waals surface area contributed by atoms with Gasteiger partial charge in [0.25, 0.3) is 0 Å². The zero-order chi connectivity index (χ0) is 8.39. The van der Waals surface area contributed by atoms with Gasteiger partial charge in [-0.05, 0) is 12.1 Å². The van der Waals surface area contributed by atoms with Crippen LogP contribution in [0.25, 0.3) is 11.0 Å². The predicted molar refractivity (Wildman–Crippen MR) is 45.6 cm³/mol. The SMILES string of the molecule is COCn1c[c]c2cccnc21. The third kappa shape index (κ3) is 1.08. The number of fused-ring (bicyclic) bond motifs is 1. The first-order chi connectivity index (χ1) is 5.92. The smallest absolute Gasteiger partial charge is 0.142 e. The highest BCUT2D eigenvalue weighted by Gasteiger charge is 1.99. The van der Waals surface area contributed by atoms with Crippen LogP contribution in [-0.4, -0.2) is 16.7 Å². The van der Waals surface area contributed by atoms with Gasteiger partial charge in [0.1, 0.15) is 12.4 Å². The molecule has 0 saturated heterocycles. The third-order valence-corrected chi connectivity index (χ3v) is 1.70. The van der Waals surface area contributed by atoms with E-state index in [0.717, 1.165) is 11.0 Å². The van der Waals surface area contributed by atoms with Crippen LogP contribution in [0.15, 0.2) is 24.5 Å². The van der Waals surface area contributed by atoms with Gasteiger partial charge in [0.2, 0.25) is 0 Å². The van der Waals surface area contributed by atoms with Crippen molar-refractivity contribution in [1.82, 2.24) is 9.55 Å². The Kier molecular flexibility index (Phi) is 1.80. The lowest BCUT2D eigenvalue weighted by molar-refractivity contribution is 0.134. The summed E-state index contributed by atoms with van der Waals surface area (Å²) in [6, 6.07) is 6.97. The van der Waals surface area contributed by atoms with Gasteiger partial charge in [-0.1, -0.05) is 0 Å². The lowest BCUT2D eigenvalue weighted by atomic mass is 10.3. The number of hydrogen-bond acceptors (Lipinski definition) is 2. The van der Waals surface area contributed by atoms with Crippen molar-refractivity contribution in [2.75, 3.05) is 7.11 Å². The Morgan fingerprint density at radius 3 is 3.42 bits per heavy atom. The summed E-state index contributed by atoms with van der Waals surface area (Å²) in [7, 11) is 1.66. The molecule has 2 aromatic heterocycles. The quantitative estimate of drug-likeness (QED) is 0.666. The molecule has 3 nitrogen and oxygen atoms in total. The zero-order valence-electron chi connectivity index (χ0n) is 6.82. The molecule has 2 heterocycles. The minimum absolute atomic E-state index is 0.525. The average Bonchev–Trinajstić information content (AvgIpc) is 2.50. The van der Waals surface area contributed by atoms with E-state index in [-0.39, 0.29) is 0 Å². The minimum atomic E-state index is 0.525. The van der Waals surface area contributed by atoms with Crippen molar-refractivity contribution in [3.8, 4) is 0 Å². The molecule has 2 aromatic rings. The Morgan fingerprint density at radius 2 is 2.58 bits per heavy atom. The standard InChI is InChI=1S/C9H9N2O/c1-12-7-11-6-4-8-3-2-5-10-9(8)11/h2-3,5-6H,7H2,1H3. The average molecular weight is 161 g/mol. The minimum Gasteiger partial charge on any atom is -0.364 e. The van der Waals surface area contributed by atoms with E-state index in [9.17, 15) is 0 Å². The van der Waals surface area contributed by atoms with Gasteiger partial charge >= 0.3 is 0 Å². The van der Waals surface area contributed by atoms with E-state index in [1.54, 1.807) is 13.3 Å². The van der Waals surface area contributed by atoms with E-state index in [4.69, 9.17) is 4.74 Å². The molecule has 0 amide bonds. The first kappa shape index (κ1) is 7.31. The maximum atomic E-state index is 5.00. The van der Waals surface area contributed by atoms with Gasteiger partial charge in [-0.25, -0.2) is 4.98 Å². The molecular weight excluding hydrogens is 152 g/mol. The molecule has 0 aliphatic rings. The molecule has 0 N–H and O–H groups in total. The molecule has 1 radical (unpaired) electrons. The van der Waals surface area contributed by atoms with Crippen LogP contribution in [-0.2, 0) is 11.5 Å². The number of pyridine rings is 1. The topological polar surface area (TPSA) is 27.1 Å². The molecule has 0 aliphatic heterocycles. The highest BCUT2D eigenvalue weighted by molar-refractivity contribution is 5.74. The van der Waals surface area contributed by atoms with E-state index >= 15 is 0 Å². The van der Waals surface area contributed by atoms with Crippen LogP contribution in [0.5, 0.6) is 0 Å². The van der Waals surface area contributed by atoms with Crippen molar-refractivity contribution < 1.29 is 4.74 Å². The molecular formula is C9H9N2O. The Bertz CT molecular complexity index is 381. The fourth-order valence-corrected chi connectivity index (χ4v) is 1.18. The fraction of sp³-hybridized carbons (Fsp3) is 0.222. The predicted octanol–water partition coefficient (Wildman–Crippen LogP) is 1.44. The van der Waals surface area contributed by atoms with Crippen molar-refractivity contribution in [2.45, 2.75) is 6.73 Å². The highest BCUT2D eigenvalue weighted by Crippen LogP contribution is 2.10. The number of hydrogen-bond donors (Lipinski definition) is 0. The van der Waals surface area contributed by atoms with Crippen molar-refractivity contribution in [1.29, 1.82) is 0 Å². The Morgan fingerprint density at radius 1 is 1.67 bits per heavy atom. The fourth-order valence-electron chi connectivity index (χ4n) is 1.18. The van der Waals surface area contributed by atoms with E-state index in [1.807, 2.05) is 22.9 Å². The summed E-state index contributed by atoms with van der Waals surface area (Å²) in [6.07, 6.45) is 3.61. The highest BCUT2D eigenvalue weighted by atomic mass is 16.5. The first-order valence-electron chi connectivity index (χ1n) is 3.72. The van der Waals surface area contributed by atoms with Gasteiger partial charge in [0, 0.05) is 31.0 Å². The summed E-state index contributed by atoms with van der Waals surface area (Å²) in [5, 5.41) is 1.02. The summed E-state index contributed by atoms with van der Waals surface area (Å²) < 4.78 is 6.91. The van der Waals surface area contributed by atoms with Crippen LogP contribution in [0.4, 0.5) is 0 Å². The molecule has 0 unspecified atom stereocenters. The van der Waals surface area contributed by atoms with E-state index in [1.165, 1.54) is 0 Å². The van der Waals surface area contributed by atoms with Crippen molar-refractivity contribution >= 4 is 11.0 Å². The number of methoxy groups -OCH3 is 1. The van der Waals surface area contributed by atoms with Crippen LogP contribution in [0.3, 0.4) is 0 Å². The maximum Gasteiger partial charge on any atom is 0.142 e. The van der Waals surface area contributed by atoms with Gasteiger partial charge < -0.3 is 9.30 Å². The second-order valence-corrected chi connectivity index (χ2v) is 2.54. The summed E-state index contributed by atoms with van der Waals surface area (Å²) in [5.41, 5.74) is 0.916. The molecule has 0 aromatic carbocycles. The molecule has 0 saturated carbocycles. The van der Waals surface area contributed by atoms with Gasteiger partial charge in [0.05, 0.1) is 0 Å². The zero-order valence-corrected chi connectivity index (χ0v) is 6.82. The maximum absolute atomic E-state index is 5.00. The normalized spacial score (nSPS) is 10.8. The molecule has 0 aliphatic carbocycles. The largest absolute Gasteiger partial charge is 0.364 e. The van der Waals surface area contributed by atoms with Crippen molar-refractivity contribution in [2.24, 2.45) is 0 Å². The summed E-state index contributed by atoms with van der Waals surface area (Å²) >= 11 is 0. The van der Waals surface area contributed by atoms with Crippen LogP contribution in [0.1, 0.15) is 0 Å². The number of ether oxygens (including phenoxy) is 1. The molecule has 61 valence electrons. The van der Waals surface area contributed by atoms with Crippen LogP contribution in [0.2, 0.25) is 0 Å². The van der Waals surface area contributed by atoms with Crippen LogP contribution >= 0.6 is 0 Å². The first-order valence-corrected chi connectivity index (χ1v) is 3.72. The molecule has 0 fully saturated rings. The van der Waals surface area contributed by atoms with Gasteiger partial charge in [-0.15, -0.1) is 0 Å². The van der Waals surface area contributed by atoms with Gasteiger partial charge in [-0.2, -0.15) is 0 Å². The monoisotopic (exact) mass is 161 g/mol. The van der Waals surface area contributed by atoms with Gasteiger partial charge in [-0.3, -0.25) is 0 Å². The molecule has 0 spiro atoms. The lowest BCUT2D eigenvalue weighted by Crippen LogP contribution is -1.98. The van der Waals surface area contributed by atoms with E-state index < -0.39 is 0 Å². The molecule has 2 rings (SSSR count). The summed E-state index contributed by atoms with van der Waals surface area (Å²) in [4.78, 5) is 4.21. The van der Waals surface area contributed by atoms with E-state index in [0.29, 0.717) is 6.73 Å². The van der Waals surface area contributed by atoms with Crippen molar-refractivity contribution in [3.05, 3.63) is 30.6 Å². The second-order valence-electron chi connectivity index (χ2n) is 2.54. The number of rotatable bonds is 2. The second kappa shape index (κ2) is 2.95. The molecule has 0 bridgehead atoms. The van der Waals surface area contributed by atoms with Crippen molar-refractivity contribution in [3.63, 3.8) is 0 Å². The molecule has 0 atom stereocenters. The Labute approximate surface area is 70.6 Å². The summed E-state index contributed by atoms with van der Waals surface area (Å²) in [5.74, 6) is 0. The molecule has 12 heavy (non-hydrogen) atoms. The van der Waals surface area contributed by atoms with Crippen LogP contribution < -0.4 is 0 Å². The molecule has 3 heteroatoms. The number of aromatic nitrogens is 2. The Balaban J connectivity index is 2.55. The van der Waals surface area contributed by atoms with E-state index in [2.05, 4.69) is 11.1 Å².